The van der Waals surface area contributed by atoms with E-state index in [1.165, 1.54) is 0 Å². The molecule has 0 N–H and O–H groups in total. The standard InChI is InChI=1S/C11H16O.ClH.Zr/c1-11(2,3)8-9-6-4-5-7-10(9)12;;/h4-7,12H,8H2,1-3H3;1H;/q;;+2/p-2. The molecule has 0 aliphatic heterocycles. The molecule has 0 aliphatic carbocycles. The van der Waals surface area contributed by atoms with E-state index in [0.29, 0.717) is 0 Å². The van der Waals surface area contributed by atoms with E-state index in [9.17, 15) is 5.11 Å². The Bertz CT molecular complexity index is 268. The van der Waals surface area contributed by atoms with Gasteiger partial charge in [0, 0.05) is 0 Å². The third-order valence-corrected chi connectivity index (χ3v) is 1.69. The van der Waals surface area contributed by atoms with Crippen LogP contribution in [0.3, 0.4) is 0 Å². The van der Waals surface area contributed by atoms with Crippen molar-refractivity contribution in [3.63, 3.8) is 0 Å². The smallest absolute Gasteiger partial charge is 1.00 e. The Kier molecular flexibility index (Phi) is 7.88. The number of halogens is 1. The first kappa shape index (κ1) is 16.6. The number of hydrogen-bond donors (Lipinski definition) is 0. The van der Waals surface area contributed by atoms with Crippen molar-refractivity contribution in [2.24, 2.45) is 5.41 Å². The maximum Gasteiger partial charge on any atom is 2.00 e. The van der Waals surface area contributed by atoms with Gasteiger partial charge in [-0.1, -0.05) is 50.6 Å². The zero-order valence-corrected chi connectivity index (χ0v) is 12.0. The molecule has 0 amide bonds. The summed E-state index contributed by atoms with van der Waals surface area (Å²) in [6.07, 6.45) is 0.854. The number of hydrogen-bond acceptors (Lipinski definition) is 1. The van der Waals surface area contributed by atoms with E-state index in [-0.39, 0.29) is 49.8 Å². The second-order valence-electron chi connectivity index (χ2n) is 4.35. The van der Waals surface area contributed by atoms with Gasteiger partial charge in [0.1, 0.15) is 0 Å². The molecule has 14 heavy (non-hydrogen) atoms. The summed E-state index contributed by atoms with van der Waals surface area (Å²) in [7, 11) is 0. The first-order chi connectivity index (χ1) is 5.49. The van der Waals surface area contributed by atoms with Crippen LogP contribution >= 0.6 is 0 Å². The first-order valence-corrected chi connectivity index (χ1v) is 4.24. The molecule has 0 aromatic heterocycles. The first-order valence-electron chi connectivity index (χ1n) is 4.24. The summed E-state index contributed by atoms with van der Waals surface area (Å²) in [5, 5.41) is 11.3. The summed E-state index contributed by atoms with van der Waals surface area (Å²) >= 11 is 0. The second kappa shape index (κ2) is 6.64. The van der Waals surface area contributed by atoms with Gasteiger partial charge in [-0.05, 0) is 11.8 Å². The molecule has 0 spiro atoms. The van der Waals surface area contributed by atoms with Gasteiger partial charge < -0.3 is 17.5 Å². The zero-order chi connectivity index (χ0) is 9.19. The maximum atomic E-state index is 11.3. The molecule has 0 bridgehead atoms. The normalized spacial score (nSPS) is 9.93. The van der Waals surface area contributed by atoms with Crippen molar-refractivity contribution in [2.75, 3.05) is 0 Å². The van der Waals surface area contributed by atoms with Crippen molar-refractivity contribution in [3.05, 3.63) is 29.8 Å². The Morgan fingerprint density at radius 3 is 2.07 bits per heavy atom. The fraction of sp³-hybridized carbons (Fsp3) is 0.455. The molecule has 76 valence electrons. The maximum absolute atomic E-state index is 11.3. The predicted molar refractivity (Wildman–Crippen MR) is 49.0 cm³/mol. The summed E-state index contributed by atoms with van der Waals surface area (Å²) in [6.45, 7) is 6.41. The van der Waals surface area contributed by atoms with E-state index < -0.39 is 0 Å². The SMILES string of the molecule is CC(C)(C)Cc1ccccc1[O-].[Cl-].[Zr+2]. The van der Waals surface area contributed by atoms with E-state index in [2.05, 4.69) is 20.8 Å². The molecular weight excluding hydrogens is 275 g/mol. The minimum atomic E-state index is 0. The predicted octanol–water partition coefficient (Wildman–Crippen LogP) is -0.650. The van der Waals surface area contributed by atoms with Crippen LogP contribution in [0.2, 0.25) is 0 Å². The number of benzene rings is 1. The van der Waals surface area contributed by atoms with Crippen LogP contribution < -0.4 is 17.5 Å². The molecule has 3 heteroatoms. The van der Waals surface area contributed by atoms with E-state index in [0.717, 1.165) is 12.0 Å². The van der Waals surface area contributed by atoms with Crippen LogP contribution in [0.15, 0.2) is 24.3 Å². The second-order valence-corrected chi connectivity index (χ2v) is 4.35. The molecule has 0 aliphatic rings. The number of para-hydroxylation sites is 1. The van der Waals surface area contributed by atoms with Gasteiger partial charge in [-0.3, -0.25) is 0 Å². The molecule has 1 rings (SSSR count). The Morgan fingerprint density at radius 2 is 1.64 bits per heavy atom. The van der Waals surface area contributed by atoms with Crippen LogP contribution in [0.4, 0.5) is 0 Å². The van der Waals surface area contributed by atoms with Crippen LogP contribution in [0, 0.1) is 5.41 Å². The van der Waals surface area contributed by atoms with Crippen LogP contribution in [0.5, 0.6) is 5.75 Å². The summed E-state index contributed by atoms with van der Waals surface area (Å²) < 4.78 is 0. The molecule has 1 aromatic rings. The van der Waals surface area contributed by atoms with Crippen LogP contribution in [-0.4, -0.2) is 0 Å². The third-order valence-electron chi connectivity index (χ3n) is 1.69. The van der Waals surface area contributed by atoms with Crippen molar-refractivity contribution in [2.45, 2.75) is 27.2 Å². The topological polar surface area (TPSA) is 23.1 Å². The minimum Gasteiger partial charge on any atom is -1.00 e. The average molecular weight is 290 g/mol. The zero-order valence-electron chi connectivity index (χ0n) is 8.80. The molecule has 0 atom stereocenters. The van der Waals surface area contributed by atoms with E-state index in [1.54, 1.807) is 12.1 Å². The van der Waals surface area contributed by atoms with Gasteiger partial charge in [0.15, 0.2) is 0 Å². The van der Waals surface area contributed by atoms with Gasteiger partial charge in [0.05, 0.1) is 0 Å². The Balaban J connectivity index is 0. The molecule has 0 saturated heterocycles. The Morgan fingerprint density at radius 1 is 1.14 bits per heavy atom. The molecule has 0 unspecified atom stereocenters. The molecular formula is C11H15ClOZr. The fourth-order valence-corrected chi connectivity index (χ4v) is 1.22. The van der Waals surface area contributed by atoms with E-state index in [4.69, 9.17) is 0 Å². The monoisotopic (exact) mass is 288 g/mol. The van der Waals surface area contributed by atoms with E-state index >= 15 is 0 Å². The van der Waals surface area contributed by atoms with Gasteiger partial charge in [-0.15, -0.1) is 5.75 Å². The van der Waals surface area contributed by atoms with Crippen LogP contribution in [0.25, 0.3) is 0 Å². The minimum absolute atomic E-state index is 0. The summed E-state index contributed by atoms with van der Waals surface area (Å²) in [6, 6.07) is 7.24. The van der Waals surface area contributed by atoms with Crippen molar-refractivity contribution in [1.29, 1.82) is 0 Å². The Hall–Kier alpha value is 0.193. The van der Waals surface area contributed by atoms with Crippen LogP contribution in [-0.2, 0) is 32.6 Å². The molecule has 0 fully saturated rings. The van der Waals surface area contributed by atoms with Gasteiger partial charge in [0.25, 0.3) is 0 Å². The fourth-order valence-electron chi connectivity index (χ4n) is 1.22. The van der Waals surface area contributed by atoms with Gasteiger partial charge >= 0.3 is 26.2 Å². The van der Waals surface area contributed by atoms with Crippen molar-refractivity contribution >= 4 is 0 Å². The van der Waals surface area contributed by atoms with Crippen molar-refractivity contribution in [3.8, 4) is 5.75 Å². The Labute approximate surface area is 111 Å². The largest absolute Gasteiger partial charge is 2.00 e. The molecule has 0 radical (unpaired) electrons. The summed E-state index contributed by atoms with van der Waals surface area (Å²) in [5.41, 5.74) is 1.12. The van der Waals surface area contributed by atoms with Crippen molar-refractivity contribution in [1.82, 2.24) is 0 Å². The van der Waals surface area contributed by atoms with Crippen molar-refractivity contribution < 1.29 is 43.7 Å². The molecule has 1 aromatic carbocycles. The van der Waals surface area contributed by atoms with E-state index in [1.807, 2.05) is 12.1 Å². The summed E-state index contributed by atoms with van der Waals surface area (Å²) in [5.74, 6) is 0.160. The van der Waals surface area contributed by atoms with Crippen LogP contribution in [0.1, 0.15) is 26.3 Å². The van der Waals surface area contributed by atoms with Gasteiger partial charge in [-0.2, -0.15) is 0 Å². The summed E-state index contributed by atoms with van der Waals surface area (Å²) in [4.78, 5) is 0. The van der Waals surface area contributed by atoms with Gasteiger partial charge in [-0.25, -0.2) is 0 Å². The molecule has 1 nitrogen and oxygen atoms in total. The number of rotatable bonds is 1. The average Bonchev–Trinajstić information content (AvgIpc) is 1.91. The quantitative estimate of drug-likeness (QED) is 0.674. The molecule has 0 saturated carbocycles. The molecule has 0 heterocycles. The van der Waals surface area contributed by atoms with Gasteiger partial charge in [0.2, 0.25) is 0 Å². The third kappa shape index (κ3) is 5.83.